The number of benzene rings is 2. The van der Waals surface area contributed by atoms with Gasteiger partial charge in [0, 0.05) is 31.5 Å². The predicted molar refractivity (Wildman–Crippen MR) is 98.5 cm³/mol. The van der Waals surface area contributed by atoms with Crippen molar-refractivity contribution in [3.8, 4) is 0 Å². The van der Waals surface area contributed by atoms with E-state index in [9.17, 15) is 18.3 Å². The molecule has 6 nitrogen and oxygen atoms in total. The Balaban J connectivity index is 1.70. The first-order chi connectivity index (χ1) is 12.3. The maximum absolute atomic E-state index is 11.5. The van der Waals surface area contributed by atoms with Gasteiger partial charge >= 0.3 is 0 Å². The molecule has 1 aliphatic heterocycles. The third kappa shape index (κ3) is 3.95. The van der Waals surface area contributed by atoms with E-state index >= 15 is 0 Å². The molecule has 0 fully saturated rings. The lowest BCUT2D eigenvalue weighted by Gasteiger charge is -2.31. The van der Waals surface area contributed by atoms with Crippen LogP contribution in [-0.2, 0) is 22.8 Å². The first-order valence-electron chi connectivity index (χ1n) is 8.36. The Kier molecular flexibility index (Phi) is 5.13. The van der Waals surface area contributed by atoms with Crippen molar-refractivity contribution >= 4 is 15.7 Å². The molecular formula is C19H22N2O4S. The minimum Gasteiger partial charge on any atom is -0.387 e. The maximum atomic E-state index is 11.5. The minimum atomic E-state index is -3.25. The van der Waals surface area contributed by atoms with Crippen molar-refractivity contribution in [2.24, 2.45) is 5.73 Å². The Morgan fingerprint density at radius 2 is 1.92 bits per heavy atom. The highest BCUT2D eigenvalue weighted by Gasteiger charge is 2.22. The highest BCUT2D eigenvalue weighted by Crippen LogP contribution is 2.25. The van der Waals surface area contributed by atoms with Crippen LogP contribution < -0.4 is 5.73 Å². The summed E-state index contributed by atoms with van der Waals surface area (Å²) in [7, 11) is -3.25. The van der Waals surface area contributed by atoms with E-state index in [0.717, 1.165) is 23.9 Å². The zero-order chi connectivity index (χ0) is 18.9. The third-order valence-corrected chi connectivity index (χ3v) is 5.86. The van der Waals surface area contributed by atoms with Crippen LogP contribution in [0.2, 0.25) is 0 Å². The van der Waals surface area contributed by atoms with E-state index in [1.807, 2.05) is 12.1 Å². The fourth-order valence-corrected chi connectivity index (χ4v) is 3.97. The molecule has 26 heavy (non-hydrogen) atoms. The van der Waals surface area contributed by atoms with E-state index in [4.69, 9.17) is 5.73 Å². The van der Waals surface area contributed by atoms with E-state index in [2.05, 4.69) is 4.90 Å². The van der Waals surface area contributed by atoms with Crippen molar-refractivity contribution in [1.82, 2.24) is 4.90 Å². The van der Waals surface area contributed by atoms with Crippen molar-refractivity contribution in [3.63, 3.8) is 0 Å². The van der Waals surface area contributed by atoms with Crippen LogP contribution in [-0.4, -0.2) is 43.7 Å². The van der Waals surface area contributed by atoms with Gasteiger partial charge in [0.05, 0.1) is 11.0 Å². The molecule has 7 heteroatoms. The molecule has 138 valence electrons. The molecule has 0 aliphatic carbocycles. The van der Waals surface area contributed by atoms with Crippen LogP contribution >= 0.6 is 0 Å². The topological polar surface area (TPSA) is 101 Å². The highest BCUT2D eigenvalue weighted by atomic mass is 32.2. The number of carbonyl (C=O) groups is 1. The molecular weight excluding hydrogens is 352 g/mol. The number of aliphatic hydroxyl groups excluding tert-OH is 1. The van der Waals surface area contributed by atoms with E-state index in [-0.39, 0.29) is 4.90 Å². The van der Waals surface area contributed by atoms with Crippen molar-refractivity contribution in [2.45, 2.75) is 24.0 Å². The summed E-state index contributed by atoms with van der Waals surface area (Å²) in [5, 5.41) is 10.5. The van der Waals surface area contributed by atoms with Crippen LogP contribution in [0.3, 0.4) is 0 Å². The fraction of sp³-hybridized carbons (Fsp3) is 0.316. The number of carbonyl (C=O) groups excluding carboxylic acids is 1. The second kappa shape index (κ2) is 7.19. The highest BCUT2D eigenvalue weighted by molar-refractivity contribution is 7.90. The molecule has 3 N–H and O–H groups in total. The quantitative estimate of drug-likeness (QED) is 0.821. The first-order valence-corrected chi connectivity index (χ1v) is 10.3. The number of aliphatic hydroxyl groups is 1. The molecule has 1 atom stereocenters. The van der Waals surface area contributed by atoms with Gasteiger partial charge in [0.2, 0.25) is 5.91 Å². The molecule has 0 saturated heterocycles. The van der Waals surface area contributed by atoms with Crippen LogP contribution in [0.25, 0.3) is 0 Å². The molecule has 1 amide bonds. The Morgan fingerprint density at radius 1 is 1.23 bits per heavy atom. The normalized spacial score (nSPS) is 16.1. The van der Waals surface area contributed by atoms with Crippen LogP contribution in [0, 0.1) is 0 Å². The summed E-state index contributed by atoms with van der Waals surface area (Å²) in [6.45, 7) is 1.78. The van der Waals surface area contributed by atoms with Crippen molar-refractivity contribution in [3.05, 3.63) is 64.7 Å². The number of rotatable bonds is 5. The Bertz CT molecular complexity index is 923. The summed E-state index contributed by atoms with van der Waals surface area (Å²) in [6, 6.07) is 11.9. The molecule has 2 aromatic rings. The van der Waals surface area contributed by atoms with Crippen molar-refractivity contribution in [2.75, 3.05) is 19.3 Å². The molecule has 2 aromatic carbocycles. The lowest BCUT2D eigenvalue weighted by molar-refractivity contribution is 0.0987. The van der Waals surface area contributed by atoms with Crippen LogP contribution in [0.5, 0.6) is 0 Å². The number of nitrogens with two attached hydrogens (primary N) is 1. The van der Waals surface area contributed by atoms with Crippen LogP contribution in [0.4, 0.5) is 0 Å². The van der Waals surface area contributed by atoms with Gasteiger partial charge < -0.3 is 10.8 Å². The number of hydrogen-bond acceptors (Lipinski definition) is 5. The van der Waals surface area contributed by atoms with Gasteiger partial charge in [-0.25, -0.2) is 8.42 Å². The van der Waals surface area contributed by atoms with E-state index in [0.29, 0.717) is 30.6 Å². The molecule has 0 aromatic heterocycles. The number of amides is 1. The molecule has 0 saturated carbocycles. The zero-order valence-electron chi connectivity index (χ0n) is 14.6. The lowest BCUT2D eigenvalue weighted by Crippen LogP contribution is -2.35. The number of fused-ring (bicyclic) bond motifs is 1. The Morgan fingerprint density at radius 3 is 2.54 bits per heavy atom. The molecule has 1 unspecified atom stereocenters. The van der Waals surface area contributed by atoms with Gasteiger partial charge in [0.1, 0.15) is 0 Å². The standard InChI is InChI=1S/C19H22N2O4S/c1-26(24,25)15-7-5-13(6-8-15)18(22)12-21-10-9-16-14(11-21)3-2-4-17(16)19(20)23/h2-8,18,22H,9-12H2,1H3,(H2,20,23). The smallest absolute Gasteiger partial charge is 0.248 e. The Hall–Kier alpha value is -2.22. The van der Waals surface area contributed by atoms with Crippen molar-refractivity contribution < 1.29 is 18.3 Å². The lowest BCUT2D eigenvalue weighted by atomic mass is 9.94. The monoisotopic (exact) mass is 374 g/mol. The molecule has 0 bridgehead atoms. The van der Waals surface area contributed by atoms with Gasteiger partial charge in [0.25, 0.3) is 0 Å². The average Bonchev–Trinajstić information content (AvgIpc) is 2.60. The average molecular weight is 374 g/mol. The van der Waals surface area contributed by atoms with E-state index in [1.54, 1.807) is 18.2 Å². The molecule has 3 rings (SSSR count). The summed E-state index contributed by atoms with van der Waals surface area (Å²) < 4.78 is 23.0. The molecule has 0 spiro atoms. The van der Waals surface area contributed by atoms with Gasteiger partial charge in [-0.05, 0) is 41.3 Å². The first kappa shape index (κ1) is 18.6. The van der Waals surface area contributed by atoms with Crippen LogP contribution in [0.15, 0.2) is 47.4 Å². The minimum absolute atomic E-state index is 0.235. The number of hydrogen-bond donors (Lipinski definition) is 2. The second-order valence-corrected chi connectivity index (χ2v) is 8.67. The summed E-state index contributed by atoms with van der Waals surface area (Å²) in [5.74, 6) is -0.415. The number of nitrogens with zero attached hydrogens (tertiary/aromatic N) is 1. The van der Waals surface area contributed by atoms with Gasteiger partial charge in [-0.15, -0.1) is 0 Å². The zero-order valence-corrected chi connectivity index (χ0v) is 15.4. The van der Waals surface area contributed by atoms with E-state index < -0.39 is 21.8 Å². The predicted octanol–water partition coefficient (Wildman–Crippen LogP) is 1.28. The second-order valence-electron chi connectivity index (χ2n) is 6.65. The van der Waals surface area contributed by atoms with Gasteiger partial charge in [-0.2, -0.15) is 0 Å². The fourth-order valence-electron chi connectivity index (χ4n) is 3.34. The van der Waals surface area contributed by atoms with E-state index in [1.165, 1.54) is 12.1 Å². The third-order valence-electron chi connectivity index (χ3n) is 4.73. The van der Waals surface area contributed by atoms with Crippen molar-refractivity contribution in [1.29, 1.82) is 0 Å². The SMILES string of the molecule is CS(=O)(=O)c1ccc(C(O)CN2CCc3c(cccc3C(N)=O)C2)cc1. The molecule has 0 radical (unpaired) electrons. The summed E-state index contributed by atoms with van der Waals surface area (Å²) in [4.78, 5) is 13.9. The largest absolute Gasteiger partial charge is 0.387 e. The van der Waals surface area contributed by atoms with Gasteiger partial charge in [-0.1, -0.05) is 24.3 Å². The Labute approximate surface area is 153 Å². The summed E-state index contributed by atoms with van der Waals surface area (Å²) in [6.07, 6.45) is 1.14. The van der Waals surface area contributed by atoms with Gasteiger partial charge in [-0.3, -0.25) is 9.69 Å². The number of sulfone groups is 1. The molecule has 1 heterocycles. The number of primary amides is 1. The van der Waals surface area contributed by atoms with Gasteiger partial charge in [0.15, 0.2) is 9.84 Å². The van der Waals surface area contributed by atoms with Crippen LogP contribution in [0.1, 0.15) is 33.2 Å². The summed E-state index contributed by atoms with van der Waals surface area (Å²) in [5.41, 5.74) is 8.72. The number of β-amino-alcohol motifs (C(OH)–C–C–N with tert-alkyl or cyclic N) is 1. The maximum Gasteiger partial charge on any atom is 0.248 e. The molecule has 1 aliphatic rings. The summed E-state index contributed by atoms with van der Waals surface area (Å²) >= 11 is 0.